The predicted molar refractivity (Wildman–Crippen MR) is 157 cm³/mol. The maximum atomic E-state index is 13.3. The van der Waals surface area contributed by atoms with Crippen LogP contribution in [-0.2, 0) is 20.8 Å². The van der Waals surface area contributed by atoms with Crippen LogP contribution in [0, 0.1) is 5.92 Å². The fourth-order valence-electron chi connectivity index (χ4n) is 5.07. The van der Waals surface area contributed by atoms with Crippen LogP contribution < -0.4 is 21.3 Å². The smallest absolute Gasteiger partial charge is 0.416 e. The van der Waals surface area contributed by atoms with E-state index in [0.29, 0.717) is 31.4 Å². The number of alkyl halides is 3. The molecule has 236 valence electrons. The minimum absolute atomic E-state index is 0.0352. The van der Waals surface area contributed by atoms with Gasteiger partial charge in [0.25, 0.3) is 5.91 Å². The average Bonchev–Trinajstić information content (AvgIpc) is 2.92. The molecule has 2 aromatic rings. The fourth-order valence-corrected chi connectivity index (χ4v) is 7.15. The molecule has 2 unspecified atom stereocenters. The number of hydrogen-bond acceptors (Lipinski definition) is 7. The summed E-state index contributed by atoms with van der Waals surface area (Å²) in [4.78, 5) is 37.8. The SMILES string of the molecule is CSc1ccc(S(=O)(=O)CC2C[C@H](NC(C)C)CCC2NC(=O)CNC(=O)c2cc(C(F)(F)F)ccc2NC(=O)O)cc1. The zero-order valence-electron chi connectivity index (χ0n) is 23.8. The lowest BCUT2D eigenvalue weighted by atomic mass is 9.82. The summed E-state index contributed by atoms with van der Waals surface area (Å²) >= 11 is 1.49. The van der Waals surface area contributed by atoms with Crippen LogP contribution in [0.25, 0.3) is 0 Å². The van der Waals surface area contributed by atoms with Gasteiger partial charge in [-0.15, -0.1) is 11.8 Å². The quantitative estimate of drug-likeness (QED) is 0.226. The number of amides is 3. The number of carbonyl (C=O) groups excluding carboxylic acids is 2. The van der Waals surface area contributed by atoms with Crippen LogP contribution in [0.4, 0.5) is 23.7 Å². The van der Waals surface area contributed by atoms with Crippen molar-refractivity contribution in [3.05, 3.63) is 53.6 Å². The Kier molecular flexibility index (Phi) is 11.5. The Morgan fingerprint density at radius 2 is 1.74 bits per heavy atom. The first-order valence-electron chi connectivity index (χ1n) is 13.5. The van der Waals surface area contributed by atoms with E-state index in [2.05, 4.69) is 16.0 Å². The van der Waals surface area contributed by atoms with Crippen molar-refractivity contribution >= 4 is 45.2 Å². The lowest BCUT2D eigenvalue weighted by Crippen LogP contribution is -2.52. The van der Waals surface area contributed by atoms with Gasteiger partial charge in [-0.1, -0.05) is 13.8 Å². The second-order valence-corrected chi connectivity index (χ2v) is 13.5. The Bertz CT molecular complexity index is 1420. The zero-order valence-corrected chi connectivity index (χ0v) is 25.5. The molecule has 1 aliphatic rings. The lowest BCUT2D eigenvalue weighted by molar-refractivity contribution is -0.137. The maximum absolute atomic E-state index is 13.3. The van der Waals surface area contributed by atoms with E-state index in [-0.39, 0.29) is 28.4 Å². The summed E-state index contributed by atoms with van der Waals surface area (Å²) in [5, 5.41) is 19.3. The molecule has 3 rings (SSSR count). The van der Waals surface area contributed by atoms with Gasteiger partial charge in [-0.3, -0.25) is 14.9 Å². The van der Waals surface area contributed by atoms with E-state index in [1.165, 1.54) is 11.8 Å². The maximum Gasteiger partial charge on any atom is 0.416 e. The van der Waals surface area contributed by atoms with Crippen LogP contribution >= 0.6 is 11.8 Å². The monoisotopic (exact) mass is 644 g/mol. The highest BCUT2D eigenvalue weighted by Gasteiger charge is 2.36. The van der Waals surface area contributed by atoms with E-state index in [0.717, 1.165) is 11.0 Å². The standard InChI is InChI=1S/C28H35F3N4O6S2/c1-16(2)33-19-5-11-23(17(12-19)15-43(40,41)21-8-6-20(42-3)7-9-21)34-25(36)14-32-26(37)22-13-18(28(29,30)31)4-10-24(22)35-27(38)39/h4,6-10,13,16-17,19,23,33,35H,5,11-12,14-15H2,1-3H3,(H,32,37)(H,34,36)(H,38,39)/t17?,19-,23?/m1/s1. The molecule has 10 nitrogen and oxygen atoms in total. The predicted octanol–water partition coefficient (Wildman–Crippen LogP) is 4.37. The van der Waals surface area contributed by atoms with Crippen molar-refractivity contribution in [1.29, 1.82) is 0 Å². The van der Waals surface area contributed by atoms with Gasteiger partial charge in [-0.05, 0) is 73.9 Å². The number of nitrogens with one attached hydrogen (secondary N) is 4. The van der Waals surface area contributed by atoms with Gasteiger partial charge in [0.05, 0.1) is 34.0 Å². The second-order valence-electron chi connectivity index (χ2n) is 10.6. The van der Waals surface area contributed by atoms with Gasteiger partial charge < -0.3 is 21.1 Å². The molecule has 2 aromatic carbocycles. The third kappa shape index (κ3) is 9.86. The fraction of sp³-hybridized carbons (Fsp3) is 0.464. The Balaban J connectivity index is 1.73. The highest BCUT2D eigenvalue weighted by molar-refractivity contribution is 7.98. The number of thioether (sulfide) groups is 1. The van der Waals surface area contributed by atoms with Crippen LogP contribution in [0.15, 0.2) is 52.3 Å². The molecule has 0 aromatic heterocycles. The third-order valence-electron chi connectivity index (χ3n) is 6.99. The summed E-state index contributed by atoms with van der Waals surface area (Å²) in [6.07, 6.45) is -2.88. The van der Waals surface area contributed by atoms with E-state index in [1.807, 2.05) is 25.4 Å². The van der Waals surface area contributed by atoms with Crippen LogP contribution in [0.2, 0.25) is 0 Å². The molecule has 1 fully saturated rings. The highest BCUT2D eigenvalue weighted by Crippen LogP contribution is 2.32. The first-order chi connectivity index (χ1) is 20.1. The van der Waals surface area contributed by atoms with Gasteiger partial charge in [0.15, 0.2) is 9.84 Å². The van der Waals surface area contributed by atoms with Crippen LogP contribution in [0.3, 0.4) is 0 Å². The van der Waals surface area contributed by atoms with E-state index < -0.39 is 63.6 Å². The number of hydrogen-bond donors (Lipinski definition) is 5. The molecule has 0 spiro atoms. The molecule has 3 atom stereocenters. The van der Waals surface area contributed by atoms with Crippen molar-refractivity contribution in [2.75, 3.05) is 23.9 Å². The summed E-state index contributed by atoms with van der Waals surface area (Å²) in [6.45, 7) is 3.34. The van der Waals surface area contributed by atoms with Crippen molar-refractivity contribution in [2.24, 2.45) is 5.92 Å². The minimum Gasteiger partial charge on any atom is -0.465 e. The summed E-state index contributed by atoms with van der Waals surface area (Å²) in [5.74, 6) is -2.43. The molecular weight excluding hydrogens is 609 g/mol. The molecule has 43 heavy (non-hydrogen) atoms. The van der Waals surface area contributed by atoms with Gasteiger partial charge in [0.2, 0.25) is 5.91 Å². The number of rotatable bonds is 11. The minimum atomic E-state index is -4.79. The van der Waals surface area contributed by atoms with Crippen molar-refractivity contribution in [3.8, 4) is 0 Å². The van der Waals surface area contributed by atoms with E-state index in [9.17, 15) is 36.0 Å². The Morgan fingerprint density at radius 3 is 2.33 bits per heavy atom. The van der Waals surface area contributed by atoms with E-state index >= 15 is 0 Å². The average molecular weight is 645 g/mol. The molecule has 0 saturated heterocycles. The van der Waals surface area contributed by atoms with Gasteiger partial charge in [0.1, 0.15) is 0 Å². The van der Waals surface area contributed by atoms with Crippen LogP contribution in [-0.4, -0.2) is 68.1 Å². The molecule has 0 bridgehead atoms. The normalized spacial score (nSPS) is 19.1. The van der Waals surface area contributed by atoms with Crippen LogP contribution in [0.5, 0.6) is 0 Å². The Morgan fingerprint density at radius 1 is 1.07 bits per heavy atom. The molecule has 0 aliphatic heterocycles. The number of anilines is 1. The Hall–Kier alpha value is -3.30. The van der Waals surface area contributed by atoms with Crippen molar-refractivity contribution in [2.45, 2.75) is 67.2 Å². The lowest BCUT2D eigenvalue weighted by Gasteiger charge is -2.37. The first kappa shape index (κ1) is 34.2. The van der Waals surface area contributed by atoms with Gasteiger partial charge >= 0.3 is 12.3 Å². The molecule has 0 heterocycles. The van der Waals surface area contributed by atoms with Crippen molar-refractivity contribution in [3.63, 3.8) is 0 Å². The number of carbonyl (C=O) groups is 3. The summed E-state index contributed by atoms with van der Waals surface area (Å²) < 4.78 is 66.3. The van der Waals surface area contributed by atoms with Gasteiger partial charge in [0, 0.05) is 23.0 Å². The molecule has 5 N–H and O–H groups in total. The molecule has 1 saturated carbocycles. The van der Waals surface area contributed by atoms with Crippen molar-refractivity contribution < 1.29 is 41.1 Å². The van der Waals surface area contributed by atoms with Crippen molar-refractivity contribution in [1.82, 2.24) is 16.0 Å². The highest BCUT2D eigenvalue weighted by atomic mass is 32.2. The summed E-state index contributed by atoms with van der Waals surface area (Å²) in [7, 11) is -3.70. The van der Waals surface area contributed by atoms with E-state index in [1.54, 1.807) is 24.3 Å². The number of carboxylic acid groups (broad SMARTS) is 1. The molecular formula is C28H35F3N4O6S2. The number of sulfone groups is 1. The molecule has 3 amide bonds. The summed E-state index contributed by atoms with van der Waals surface area (Å²) in [5.41, 5.74) is -2.16. The molecule has 15 heteroatoms. The zero-order chi connectivity index (χ0) is 31.9. The Labute approximate surface area is 252 Å². The molecule has 0 radical (unpaired) electrons. The van der Waals surface area contributed by atoms with Crippen LogP contribution in [0.1, 0.15) is 49.0 Å². The largest absolute Gasteiger partial charge is 0.465 e. The second kappa shape index (κ2) is 14.4. The number of benzene rings is 2. The topological polar surface area (TPSA) is 154 Å². The van der Waals surface area contributed by atoms with Gasteiger partial charge in [-0.2, -0.15) is 13.2 Å². The third-order valence-corrected chi connectivity index (χ3v) is 9.59. The molecule has 1 aliphatic carbocycles. The first-order valence-corrected chi connectivity index (χ1v) is 16.4. The summed E-state index contributed by atoms with van der Waals surface area (Å²) in [6, 6.07) is 8.17. The number of halogens is 3. The van der Waals surface area contributed by atoms with E-state index in [4.69, 9.17) is 5.11 Å². The van der Waals surface area contributed by atoms with Gasteiger partial charge in [-0.25, -0.2) is 13.2 Å².